The van der Waals surface area contributed by atoms with Gasteiger partial charge in [-0.3, -0.25) is 0 Å². The number of hydrogen-bond acceptors (Lipinski definition) is 1. The van der Waals surface area contributed by atoms with Crippen molar-refractivity contribution in [3.63, 3.8) is 0 Å². The van der Waals surface area contributed by atoms with Crippen LogP contribution in [0, 0.1) is 12.3 Å². The molecule has 0 aliphatic heterocycles. The lowest BCUT2D eigenvalue weighted by atomic mass is 9.83. The minimum atomic E-state index is 0.0671. The van der Waals surface area contributed by atoms with Gasteiger partial charge in [-0.1, -0.05) is 48.8 Å². The molecule has 1 rings (SSSR count). The number of nitrogens with two attached hydrogens (primary N) is 1. The summed E-state index contributed by atoms with van der Waals surface area (Å²) in [6.07, 6.45) is 0. The third-order valence-electron chi connectivity index (χ3n) is 2.42. The number of rotatable bonds is 1. The van der Waals surface area contributed by atoms with Crippen LogP contribution in [0.2, 0.25) is 0 Å². The molecule has 78 valence electrons. The Bertz CT molecular complexity index is 326. The molecule has 0 spiro atoms. The molecular formula is C12H18BrN. The van der Waals surface area contributed by atoms with E-state index >= 15 is 0 Å². The first-order valence-electron chi connectivity index (χ1n) is 4.84. The molecule has 0 aromatic heterocycles. The second kappa shape index (κ2) is 4.03. The van der Waals surface area contributed by atoms with E-state index in [-0.39, 0.29) is 11.5 Å². The smallest absolute Gasteiger partial charge is 0.0355 e. The highest BCUT2D eigenvalue weighted by atomic mass is 79.9. The van der Waals surface area contributed by atoms with Crippen LogP contribution in [0.1, 0.15) is 37.9 Å². The Morgan fingerprint density at radius 1 is 1.29 bits per heavy atom. The second-order valence-electron chi connectivity index (χ2n) is 4.87. The predicted molar refractivity (Wildman–Crippen MR) is 65.3 cm³/mol. The molecule has 0 bridgehead atoms. The fourth-order valence-corrected chi connectivity index (χ4v) is 2.09. The maximum atomic E-state index is 6.19. The average Bonchev–Trinajstić information content (AvgIpc) is 2.01. The van der Waals surface area contributed by atoms with E-state index < -0.39 is 0 Å². The van der Waals surface area contributed by atoms with Gasteiger partial charge < -0.3 is 5.73 Å². The van der Waals surface area contributed by atoms with Crippen molar-refractivity contribution in [2.24, 2.45) is 11.1 Å². The van der Waals surface area contributed by atoms with Gasteiger partial charge in [0.1, 0.15) is 0 Å². The van der Waals surface area contributed by atoms with Gasteiger partial charge >= 0.3 is 0 Å². The van der Waals surface area contributed by atoms with Crippen LogP contribution in [-0.2, 0) is 0 Å². The molecule has 0 saturated heterocycles. The Morgan fingerprint density at radius 2 is 1.86 bits per heavy atom. The van der Waals surface area contributed by atoms with Gasteiger partial charge in [0.25, 0.3) is 0 Å². The summed E-state index contributed by atoms with van der Waals surface area (Å²) in [6, 6.07) is 6.39. The molecule has 14 heavy (non-hydrogen) atoms. The summed E-state index contributed by atoms with van der Waals surface area (Å²) >= 11 is 3.56. The van der Waals surface area contributed by atoms with E-state index in [0.717, 1.165) is 4.47 Å². The Kier molecular flexibility index (Phi) is 3.38. The molecule has 1 nitrogen and oxygen atoms in total. The van der Waals surface area contributed by atoms with Gasteiger partial charge in [-0.25, -0.2) is 0 Å². The van der Waals surface area contributed by atoms with E-state index in [1.54, 1.807) is 0 Å². The number of aryl methyl sites for hydroxylation is 1. The monoisotopic (exact) mass is 255 g/mol. The van der Waals surface area contributed by atoms with Gasteiger partial charge in [0.15, 0.2) is 0 Å². The Balaban J connectivity index is 3.08. The summed E-state index contributed by atoms with van der Waals surface area (Å²) in [5.74, 6) is 0. The van der Waals surface area contributed by atoms with Crippen molar-refractivity contribution in [2.45, 2.75) is 33.7 Å². The van der Waals surface area contributed by atoms with E-state index in [1.807, 2.05) is 0 Å². The second-order valence-corrected chi connectivity index (χ2v) is 5.72. The van der Waals surface area contributed by atoms with Crippen molar-refractivity contribution in [2.75, 3.05) is 0 Å². The fourth-order valence-electron chi connectivity index (χ4n) is 1.35. The standard InChI is InChI=1S/C12H18BrN/c1-8-5-6-9(10(13)7-8)11(14)12(2,3)4/h5-7,11H,14H2,1-4H3/t11-/m1/s1. The maximum Gasteiger partial charge on any atom is 0.0355 e. The molecule has 0 radical (unpaired) electrons. The van der Waals surface area contributed by atoms with Gasteiger partial charge in [-0.05, 0) is 29.5 Å². The first-order valence-corrected chi connectivity index (χ1v) is 5.63. The number of halogens is 1. The van der Waals surface area contributed by atoms with Crippen LogP contribution in [0.4, 0.5) is 0 Å². The van der Waals surface area contributed by atoms with Gasteiger partial charge in [-0.15, -0.1) is 0 Å². The highest BCUT2D eigenvalue weighted by molar-refractivity contribution is 9.10. The lowest BCUT2D eigenvalue weighted by Crippen LogP contribution is -2.26. The summed E-state index contributed by atoms with van der Waals surface area (Å²) in [4.78, 5) is 0. The average molecular weight is 256 g/mol. The summed E-state index contributed by atoms with van der Waals surface area (Å²) in [6.45, 7) is 8.55. The highest BCUT2D eigenvalue weighted by Gasteiger charge is 2.23. The van der Waals surface area contributed by atoms with Crippen LogP contribution in [-0.4, -0.2) is 0 Å². The van der Waals surface area contributed by atoms with Crippen molar-refractivity contribution >= 4 is 15.9 Å². The summed E-state index contributed by atoms with van der Waals surface area (Å²) < 4.78 is 1.11. The summed E-state index contributed by atoms with van der Waals surface area (Å²) in [5.41, 5.74) is 8.72. The van der Waals surface area contributed by atoms with Crippen molar-refractivity contribution in [1.82, 2.24) is 0 Å². The quantitative estimate of drug-likeness (QED) is 0.812. The first kappa shape index (κ1) is 11.7. The molecule has 0 aliphatic rings. The molecule has 2 heteroatoms. The number of hydrogen-bond donors (Lipinski definition) is 1. The molecule has 0 aliphatic carbocycles. The van der Waals surface area contributed by atoms with E-state index in [4.69, 9.17) is 5.73 Å². The Hall–Kier alpha value is -0.340. The normalized spacial score (nSPS) is 14.1. The van der Waals surface area contributed by atoms with Crippen LogP contribution >= 0.6 is 15.9 Å². The largest absolute Gasteiger partial charge is 0.323 e. The third-order valence-corrected chi connectivity index (χ3v) is 3.11. The Morgan fingerprint density at radius 3 is 2.29 bits per heavy atom. The van der Waals surface area contributed by atoms with Crippen molar-refractivity contribution in [3.8, 4) is 0 Å². The molecule has 2 N–H and O–H groups in total. The van der Waals surface area contributed by atoms with Crippen LogP contribution < -0.4 is 5.73 Å². The topological polar surface area (TPSA) is 26.0 Å². The molecule has 1 aromatic rings. The molecule has 0 amide bonds. The van der Waals surface area contributed by atoms with Crippen molar-refractivity contribution < 1.29 is 0 Å². The third kappa shape index (κ3) is 2.58. The molecule has 0 saturated carbocycles. The zero-order valence-corrected chi connectivity index (χ0v) is 10.9. The predicted octanol–water partition coefficient (Wildman–Crippen LogP) is 3.80. The summed E-state index contributed by atoms with van der Waals surface area (Å²) in [5, 5.41) is 0. The molecule has 0 heterocycles. The van der Waals surface area contributed by atoms with Gasteiger partial charge in [0.05, 0.1) is 0 Å². The molecule has 1 aromatic carbocycles. The Labute approximate surface area is 94.8 Å². The molecule has 0 unspecified atom stereocenters. The molecule has 1 atom stereocenters. The summed E-state index contributed by atoms with van der Waals surface area (Å²) in [7, 11) is 0. The lowest BCUT2D eigenvalue weighted by molar-refractivity contribution is 0.326. The van der Waals surface area contributed by atoms with E-state index in [0.29, 0.717) is 0 Å². The zero-order chi connectivity index (χ0) is 10.9. The van der Waals surface area contributed by atoms with Crippen LogP contribution in [0.5, 0.6) is 0 Å². The fraction of sp³-hybridized carbons (Fsp3) is 0.500. The molecular weight excluding hydrogens is 238 g/mol. The van der Waals surface area contributed by atoms with Gasteiger partial charge in [-0.2, -0.15) is 0 Å². The van der Waals surface area contributed by atoms with E-state index in [1.165, 1.54) is 11.1 Å². The maximum absolute atomic E-state index is 6.19. The first-order chi connectivity index (χ1) is 6.32. The highest BCUT2D eigenvalue weighted by Crippen LogP contribution is 2.34. The van der Waals surface area contributed by atoms with Gasteiger partial charge in [0.2, 0.25) is 0 Å². The SMILES string of the molecule is Cc1ccc([C@@H](N)C(C)(C)C)c(Br)c1. The lowest BCUT2D eigenvalue weighted by Gasteiger charge is -2.28. The van der Waals surface area contributed by atoms with Crippen molar-refractivity contribution in [1.29, 1.82) is 0 Å². The van der Waals surface area contributed by atoms with E-state index in [2.05, 4.69) is 61.8 Å². The van der Waals surface area contributed by atoms with Crippen LogP contribution in [0.15, 0.2) is 22.7 Å². The zero-order valence-electron chi connectivity index (χ0n) is 9.26. The van der Waals surface area contributed by atoms with Crippen LogP contribution in [0.3, 0.4) is 0 Å². The van der Waals surface area contributed by atoms with Crippen molar-refractivity contribution in [3.05, 3.63) is 33.8 Å². The number of benzene rings is 1. The minimum absolute atomic E-state index is 0.0671. The minimum Gasteiger partial charge on any atom is -0.323 e. The molecule has 0 fully saturated rings. The van der Waals surface area contributed by atoms with Gasteiger partial charge in [0, 0.05) is 10.5 Å². The van der Waals surface area contributed by atoms with Crippen LogP contribution in [0.25, 0.3) is 0 Å². The van der Waals surface area contributed by atoms with E-state index in [9.17, 15) is 0 Å².